The van der Waals surface area contributed by atoms with Crippen molar-refractivity contribution in [2.75, 3.05) is 0 Å². The van der Waals surface area contributed by atoms with Crippen LogP contribution in [0.1, 0.15) is 5.56 Å². The van der Waals surface area contributed by atoms with E-state index < -0.39 is 0 Å². The summed E-state index contributed by atoms with van der Waals surface area (Å²) in [6.07, 6.45) is 8.60. The molecule has 0 aliphatic rings. The predicted octanol–water partition coefficient (Wildman–Crippen LogP) is 2.34. The molecule has 0 saturated carbocycles. The van der Waals surface area contributed by atoms with Crippen molar-refractivity contribution in [3.63, 3.8) is 0 Å². The molecule has 0 heteroatoms. The molecule has 1 rings (SSSR count). The summed E-state index contributed by atoms with van der Waals surface area (Å²) in [7, 11) is 0. The Morgan fingerprint density at radius 3 is 2.50 bits per heavy atom. The van der Waals surface area contributed by atoms with Gasteiger partial charge in [-0.1, -0.05) is 36.3 Å². The SMILES string of the molecule is C#CC#CC#CC=Cc1ccccc1. The summed E-state index contributed by atoms with van der Waals surface area (Å²) in [5.41, 5.74) is 1.12. The fourth-order valence-corrected chi connectivity index (χ4v) is 0.847. The molecule has 64 valence electrons. The third kappa shape index (κ3) is 3.87. The molecular formula is C14H8. The molecule has 0 unspecified atom stereocenters. The van der Waals surface area contributed by atoms with Crippen molar-refractivity contribution in [2.24, 2.45) is 0 Å². The van der Waals surface area contributed by atoms with Crippen molar-refractivity contribution < 1.29 is 0 Å². The average Bonchev–Trinajstić information content (AvgIpc) is 2.25. The average molecular weight is 176 g/mol. The van der Waals surface area contributed by atoms with Crippen LogP contribution in [0.4, 0.5) is 0 Å². The number of terminal acetylenes is 1. The highest BCUT2D eigenvalue weighted by Crippen LogP contribution is 1.99. The molecule has 0 aliphatic carbocycles. The molecule has 0 bridgehead atoms. The zero-order chi connectivity index (χ0) is 10.1. The third-order valence-corrected chi connectivity index (χ3v) is 1.43. The first-order valence-corrected chi connectivity index (χ1v) is 4.11. The van der Waals surface area contributed by atoms with Gasteiger partial charge in [0.1, 0.15) is 0 Å². The Labute approximate surface area is 84.7 Å². The van der Waals surface area contributed by atoms with Crippen LogP contribution in [-0.2, 0) is 0 Å². The number of benzene rings is 1. The Kier molecular flexibility index (Phi) is 4.30. The molecule has 0 amide bonds. The molecule has 0 atom stereocenters. The van der Waals surface area contributed by atoms with Gasteiger partial charge in [0.2, 0.25) is 0 Å². The van der Waals surface area contributed by atoms with Crippen LogP contribution in [0.3, 0.4) is 0 Å². The zero-order valence-corrected chi connectivity index (χ0v) is 7.62. The second-order valence-electron chi connectivity index (χ2n) is 2.41. The summed E-state index contributed by atoms with van der Waals surface area (Å²) >= 11 is 0. The van der Waals surface area contributed by atoms with Crippen LogP contribution in [-0.4, -0.2) is 0 Å². The van der Waals surface area contributed by atoms with Crippen molar-refractivity contribution >= 4 is 6.08 Å². The summed E-state index contributed by atoms with van der Waals surface area (Å²) in [6, 6.07) is 9.94. The first-order chi connectivity index (χ1) is 6.93. The molecule has 14 heavy (non-hydrogen) atoms. The van der Waals surface area contributed by atoms with E-state index in [-0.39, 0.29) is 0 Å². The largest absolute Gasteiger partial charge is 0.106 e. The van der Waals surface area contributed by atoms with E-state index in [0.29, 0.717) is 0 Å². The normalized spacial score (nSPS) is 7.93. The highest BCUT2D eigenvalue weighted by Gasteiger charge is 1.78. The van der Waals surface area contributed by atoms with Crippen molar-refractivity contribution in [3.05, 3.63) is 42.0 Å². The second-order valence-corrected chi connectivity index (χ2v) is 2.41. The summed E-state index contributed by atoms with van der Waals surface area (Å²) in [4.78, 5) is 0. The lowest BCUT2D eigenvalue weighted by atomic mass is 10.2. The molecule has 0 radical (unpaired) electrons. The highest BCUT2D eigenvalue weighted by molar-refractivity contribution is 5.53. The molecule has 0 nitrogen and oxygen atoms in total. The fourth-order valence-electron chi connectivity index (χ4n) is 0.847. The van der Waals surface area contributed by atoms with Gasteiger partial charge in [-0.15, -0.1) is 6.42 Å². The predicted molar refractivity (Wildman–Crippen MR) is 59.9 cm³/mol. The summed E-state index contributed by atoms with van der Waals surface area (Å²) in [5.74, 6) is 12.5. The molecule has 0 aliphatic heterocycles. The van der Waals surface area contributed by atoms with E-state index >= 15 is 0 Å². The number of hydrogen-bond donors (Lipinski definition) is 0. The maximum Gasteiger partial charge on any atom is -0.000717 e. The number of rotatable bonds is 1. The lowest BCUT2D eigenvalue weighted by Gasteiger charge is -1.86. The third-order valence-electron chi connectivity index (χ3n) is 1.43. The van der Waals surface area contributed by atoms with Gasteiger partial charge < -0.3 is 0 Å². The van der Waals surface area contributed by atoms with Crippen molar-refractivity contribution in [1.82, 2.24) is 0 Å². The van der Waals surface area contributed by atoms with E-state index in [4.69, 9.17) is 6.42 Å². The molecule has 0 saturated heterocycles. The smallest absolute Gasteiger partial charge is 0.000717 e. The lowest BCUT2D eigenvalue weighted by Crippen LogP contribution is -1.66. The standard InChI is InChI=1S/C14H8/c1-2-3-4-5-6-8-11-14-12-9-7-10-13-14/h1,7-13H. The van der Waals surface area contributed by atoms with Gasteiger partial charge in [-0.25, -0.2) is 0 Å². The number of hydrogen-bond acceptors (Lipinski definition) is 0. The van der Waals surface area contributed by atoms with E-state index in [1.165, 1.54) is 0 Å². The van der Waals surface area contributed by atoms with Gasteiger partial charge in [0.15, 0.2) is 0 Å². The minimum absolute atomic E-state index is 1.12. The first-order valence-electron chi connectivity index (χ1n) is 4.11. The van der Waals surface area contributed by atoms with E-state index in [9.17, 15) is 0 Å². The van der Waals surface area contributed by atoms with Gasteiger partial charge in [-0.2, -0.15) is 0 Å². The Morgan fingerprint density at radius 1 is 1.00 bits per heavy atom. The van der Waals surface area contributed by atoms with Crippen LogP contribution >= 0.6 is 0 Å². The summed E-state index contributed by atoms with van der Waals surface area (Å²) in [6.45, 7) is 0. The van der Waals surface area contributed by atoms with E-state index in [2.05, 4.69) is 29.6 Å². The topological polar surface area (TPSA) is 0 Å². The van der Waals surface area contributed by atoms with Gasteiger partial charge in [-0.3, -0.25) is 0 Å². The molecule has 0 aromatic heterocycles. The lowest BCUT2D eigenvalue weighted by molar-refractivity contribution is 1.66. The van der Waals surface area contributed by atoms with Crippen molar-refractivity contribution in [1.29, 1.82) is 0 Å². The summed E-state index contributed by atoms with van der Waals surface area (Å²) < 4.78 is 0. The fraction of sp³-hybridized carbons (Fsp3) is 0. The molecule has 0 spiro atoms. The minimum Gasteiger partial charge on any atom is -0.106 e. The van der Waals surface area contributed by atoms with Crippen LogP contribution in [0, 0.1) is 36.0 Å². The van der Waals surface area contributed by atoms with Crippen LogP contribution < -0.4 is 0 Å². The maximum atomic E-state index is 4.92. The Morgan fingerprint density at radius 2 is 1.79 bits per heavy atom. The summed E-state index contributed by atoms with van der Waals surface area (Å²) in [5, 5.41) is 0. The van der Waals surface area contributed by atoms with Crippen LogP contribution in [0.2, 0.25) is 0 Å². The van der Waals surface area contributed by atoms with Crippen LogP contribution in [0.25, 0.3) is 6.08 Å². The minimum atomic E-state index is 1.12. The monoisotopic (exact) mass is 176 g/mol. The Hall–Kier alpha value is -2.36. The molecule has 0 fully saturated rings. The van der Waals surface area contributed by atoms with E-state index in [1.807, 2.05) is 36.4 Å². The van der Waals surface area contributed by atoms with E-state index in [1.54, 1.807) is 6.08 Å². The van der Waals surface area contributed by atoms with Crippen molar-refractivity contribution in [2.45, 2.75) is 0 Å². The molecule has 0 N–H and O–H groups in total. The van der Waals surface area contributed by atoms with Gasteiger partial charge in [-0.05, 0) is 41.4 Å². The quantitative estimate of drug-likeness (QED) is 0.576. The Bertz CT molecular complexity index is 462. The van der Waals surface area contributed by atoms with Gasteiger partial charge in [0, 0.05) is 0 Å². The van der Waals surface area contributed by atoms with E-state index in [0.717, 1.165) is 5.56 Å². The second kappa shape index (κ2) is 6.19. The molecule has 1 aromatic rings. The molecule has 0 heterocycles. The maximum absolute atomic E-state index is 4.92. The van der Waals surface area contributed by atoms with Gasteiger partial charge >= 0.3 is 0 Å². The molecular weight excluding hydrogens is 168 g/mol. The zero-order valence-electron chi connectivity index (χ0n) is 7.62. The first kappa shape index (κ1) is 9.73. The van der Waals surface area contributed by atoms with Gasteiger partial charge in [0.05, 0.1) is 0 Å². The Balaban J connectivity index is 2.57. The van der Waals surface area contributed by atoms with Crippen LogP contribution in [0.5, 0.6) is 0 Å². The van der Waals surface area contributed by atoms with Gasteiger partial charge in [0.25, 0.3) is 0 Å². The van der Waals surface area contributed by atoms with Crippen LogP contribution in [0.15, 0.2) is 36.4 Å². The molecule has 1 aromatic carbocycles. The highest BCUT2D eigenvalue weighted by atomic mass is 13.8. The van der Waals surface area contributed by atoms with Crippen molar-refractivity contribution in [3.8, 4) is 36.0 Å². The number of allylic oxidation sites excluding steroid dienone is 1.